The molecule has 0 aliphatic rings. The van der Waals surface area contributed by atoms with Crippen LogP contribution in [0.2, 0.25) is 0 Å². The lowest BCUT2D eigenvalue weighted by Gasteiger charge is -1.96. The second-order valence-corrected chi connectivity index (χ2v) is 4.89. The number of carbonyl (C=O) groups excluding carboxylic acids is 1. The summed E-state index contributed by atoms with van der Waals surface area (Å²) in [6.45, 7) is 3.44. The molecule has 0 aromatic heterocycles. The fraction of sp³-hybridized carbons (Fsp3) is 0.125. The smallest absolute Gasteiger partial charge is 0.338 e. The molecule has 0 bridgehead atoms. The molecule has 1 N–H and O–H groups in total. The molecular formula is C16H13ClF2O3. The van der Waals surface area contributed by atoms with Gasteiger partial charge in [0.05, 0.1) is 11.1 Å². The summed E-state index contributed by atoms with van der Waals surface area (Å²) in [5.41, 5.74) is 1.13. The van der Waals surface area contributed by atoms with Gasteiger partial charge in [-0.25, -0.2) is 13.6 Å². The number of hydrogen-bond donors (Lipinski definition) is 1. The zero-order valence-electron chi connectivity index (χ0n) is 11.9. The van der Waals surface area contributed by atoms with Crippen LogP contribution in [0.3, 0.4) is 0 Å². The first-order valence-corrected chi connectivity index (χ1v) is 6.55. The minimum absolute atomic E-state index is 0.0720. The second-order valence-electron chi connectivity index (χ2n) is 4.55. The van der Waals surface area contributed by atoms with Gasteiger partial charge in [0, 0.05) is 0 Å². The molecule has 0 aliphatic heterocycles. The molecule has 0 radical (unpaired) electrons. The molecule has 116 valence electrons. The van der Waals surface area contributed by atoms with Crippen LogP contribution >= 0.6 is 11.6 Å². The molecule has 0 fully saturated rings. The molecule has 0 atom stereocenters. The highest BCUT2D eigenvalue weighted by Gasteiger charge is 2.08. The van der Waals surface area contributed by atoms with E-state index in [0.29, 0.717) is 5.56 Å². The molecule has 0 heterocycles. The zero-order valence-corrected chi connectivity index (χ0v) is 12.6. The van der Waals surface area contributed by atoms with Crippen LogP contribution in [0, 0.1) is 25.5 Å². The number of carboxylic acid groups (broad SMARTS) is 1. The van der Waals surface area contributed by atoms with Crippen molar-refractivity contribution in [2.75, 3.05) is 0 Å². The molecule has 6 heteroatoms. The van der Waals surface area contributed by atoms with E-state index in [9.17, 15) is 18.4 Å². The summed E-state index contributed by atoms with van der Waals surface area (Å²) < 4.78 is 25.5. The quantitative estimate of drug-likeness (QED) is 0.835. The lowest BCUT2D eigenvalue weighted by molar-refractivity contribution is 0.0691. The van der Waals surface area contributed by atoms with Gasteiger partial charge < -0.3 is 5.11 Å². The molecule has 0 aliphatic carbocycles. The van der Waals surface area contributed by atoms with Crippen LogP contribution in [0.1, 0.15) is 31.8 Å². The lowest BCUT2D eigenvalue weighted by atomic mass is 10.1. The molecule has 0 unspecified atom stereocenters. The fourth-order valence-electron chi connectivity index (χ4n) is 1.57. The number of aryl methyl sites for hydroxylation is 2. The highest BCUT2D eigenvalue weighted by atomic mass is 35.5. The minimum Gasteiger partial charge on any atom is -0.478 e. The lowest BCUT2D eigenvalue weighted by Crippen LogP contribution is -1.99. The topological polar surface area (TPSA) is 54.4 Å². The van der Waals surface area contributed by atoms with Crippen LogP contribution in [0.15, 0.2) is 36.4 Å². The minimum atomic E-state index is -1.23. The van der Waals surface area contributed by atoms with E-state index >= 15 is 0 Å². The summed E-state index contributed by atoms with van der Waals surface area (Å²) in [5.74, 6) is -2.48. The van der Waals surface area contributed by atoms with Crippen LogP contribution in [0.5, 0.6) is 0 Å². The van der Waals surface area contributed by atoms with Crippen molar-refractivity contribution in [3.8, 4) is 0 Å². The first kappa shape index (κ1) is 17.8. The average Bonchev–Trinajstić information content (AvgIpc) is 2.38. The van der Waals surface area contributed by atoms with E-state index in [-0.39, 0.29) is 11.1 Å². The molecule has 3 nitrogen and oxygen atoms in total. The van der Waals surface area contributed by atoms with E-state index < -0.39 is 22.8 Å². The maximum absolute atomic E-state index is 12.8. The van der Waals surface area contributed by atoms with Crippen molar-refractivity contribution in [2.24, 2.45) is 0 Å². The Labute approximate surface area is 131 Å². The Hall–Kier alpha value is -2.27. The number of carbonyl (C=O) groups is 2. The van der Waals surface area contributed by atoms with Crippen LogP contribution in [0.4, 0.5) is 8.78 Å². The molecule has 22 heavy (non-hydrogen) atoms. The Morgan fingerprint density at radius 2 is 1.32 bits per heavy atom. The summed E-state index contributed by atoms with van der Waals surface area (Å²) in [7, 11) is 0. The number of halogens is 3. The van der Waals surface area contributed by atoms with Crippen LogP contribution in [-0.4, -0.2) is 16.3 Å². The normalized spacial score (nSPS) is 9.68. The number of carboxylic acids is 1. The monoisotopic (exact) mass is 326 g/mol. The SMILES string of the molecule is Cc1ccc(C(=O)Cl)c(F)c1.Cc1ccc(C(=O)O)c(F)c1. The molecular weight excluding hydrogens is 314 g/mol. The van der Waals surface area contributed by atoms with Gasteiger partial charge in [0.1, 0.15) is 11.6 Å². The molecule has 0 saturated carbocycles. The predicted octanol–water partition coefficient (Wildman–Crippen LogP) is 4.35. The van der Waals surface area contributed by atoms with Crippen LogP contribution in [0.25, 0.3) is 0 Å². The standard InChI is InChI=1S/C8H6ClFO.C8H7FO2/c1-5-2-3-6(8(9)11)7(10)4-5;1-5-2-3-6(8(10)11)7(9)4-5/h2-4H,1H3;2-4H,1H3,(H,10,11). The second kappa shape index (κ2) is 7.66. The molecule has 0 saturated heterocycles. The number of aromatic carboxylic acids is 1. The van der Waals surface area contributed by atoms with Gasteiger partial charge in [0.2, 0.25) is 0 Å². The van der Waals surface area contributed by atoms with Crippen molar-refractivity contribution in [3.63, 3.8) is 0 Å². The summed E-state index contributed by atoms with van der Waals surface area (Å²) >= 11 is 5.08. The van der Waals surface area contributed by atoms with Crippen molar-refractivity contribution in [3.05, 3.63) is 70.3 Å². The van der Waals surface area contributed by atoms with Gasteiger partial charge in [-0.3, -0.25) is 4.79 Å². The van der Waals surface area contributed by atoms with E-state index in [4.69, 9.17) is 16.7 Å². The first-order valence-electron chi connectivity index (χ1n) is 6.17. The van der Waals surface area contributed by atoms with Gasteiger partial charge in [-0.2, -0.15) is 0 Å². The summed E-state index contributed by atoms with van der Waals surface area (Å²) in [5, 5.41) is 7.65. The number of hydrogen-bond acceptors (Lipinski definition) is 2. The number of benzene rings is 2. The van der Waals surface area contributed by atoms with Gasteiger partial charge in [0.25, 0.3) is 5.24 Å². The highest BCUT2D eigenvalue weighted by Crippen LogP contribution is 2.11. The van der Waals surface area contributed by atoms with Gasteiger partial charge in [-0.15, -0.1) is 0 Å². The molecule has 2 aromatic carbocycles. The third-order valence-electron chi connectivity index (χ3n) is 2.69. The van der Waals surface area contributed by atoms with Crippen LogP contribution in [-0.2, 0) is 0 Å². The molecule has 0 amide bonds. The third kappa shape index (κ3) is 4.93. The Morgan fingerprint density at radius 1 is 0.909 bits per heavy atom. The predicted molar refractivity (Wildman–Crippen MR) is 79.4 cm³/mol. The Morgan fingerprint density at radius 3 is 1.64 bits per heavy atom. The first-order chi connectivity index (χ1) is 10.2. The van der Waals surface area contributed by atoms with E-state index in [1.807, 2.05) is 0 Å². The van der Waals surface area contributed by atoms with Crippen molar-refractivity contribution in [1.82, 2.24) is 0 Å². The summed E-state index contributed by atoms with van der Waals surface area (Å²) in [6.07, 6.45) is 0. The van der Waals surface area contributed by atoms with E-state index in [1.165, 1.54) is 24.3 Å². The van der Waals surface area contributed by atoms with E-state index in [1.54, 1.807) is 26.0 Å². The zero-order chi connectivity index (χ0) is 16.9. The summed E-state index contributed by atoms with van der Waals surface area (Å²) in [4.78, 5) is 20.8. The molecule has 0 spiro atoms. The van der Waals surface area contributed by atoms with E-state index in [0.717, 1.165) is 5.56 Å². The Kier molecular flexibility index (Phi) is 6.19. The van der Waals surface area contributed by atoms with Gasteiger partial charge >= 0.3 is 5.97 Å². The Balaban J connectivity index is 0.000000220. The van der Waals surface area contributed by atoms with Gasteiger partial charge in [0.15, 0.2) is 0 Å². The molecule has 2 rings (SSSR count). The fourth-order valence-corrected chi connectivity index (χ4v) is 1.73. The van der Waals surface area contributed by atoms with Gasteiger partial charge in [-0.1, -0.05) is 12.1 Å². The average molecular weight is 327 g/mol. The summed E-state index contributed by atoms with van der Waals surface area (Å²) in [6, 6.07) is 8.30. The van der Waals surface area contributed by atoms with Crippen molar-refractivity contribution < 1.29 is 23.5 Å². The van der Waals surface area contributed by atoms with Crippen molar-refractivity contribution in [1.29, 1.82) is 0 Å². The van der Waals surface area contributed by atoms with Crippen molar-refractivity contribution >= 4 is 22.8 Å². The van der Waals surface area contributed by atoms with Crippen molar-refractivity contribution in [2.45, 2.75) is 13.8 Å². The maximum atomic E-state index is 12.8. The number of rotatable bonds is 2. The van der Waals surface area contributed by atoms with E-state index in [2.05, 4.69) is 0 Å². The molecule has 2 aromatic rings. The largest absolute Gasteiger partial charge is 0.478 e. The van der Waals surface area contributed by atoms with Gasteiger partial charge in [-0.05, 0) is 60.8 Å². The maximum Gasteiger partial charge on any atom is 0.338 e. The van der Waals surface area contributed by atoms with Crippen LogP contribution < -0.4 is 0 Å². The Bertz CT molecular complexity index is 653. The third-order valence-corrected chi connectivity index (χ3v) is 2.89. The highest BCUT2D eigenvalue weighted by molar-refractivity contribution is 6.67.